The number of pyridine rings is 1. The highest BCUT2D eigenvalue weighted by Gasteiger charge is 2.40. The molecule has 158 valence electrons. The molecule has 0 unspecified atom stereocenters. The fourth-order valence-electron chi connectivity index (χ4n) is 5.04. The number of amides is 1. The molecule has 0 saturated carbocycles. The van der Waals surface area contributed by atoms with E-state index >= 15 is 0 Å². The molecule has 6 heterocycles. The van der Waals surface area contributed by atoms with Crippen molar-refractivity contribution in [2.45, 2.75) is 31.8 Å². The molecule has 4 fully saturated rings. The van der Waals surface area contributed by atoms with E-state index in [2.05, 4.69) is 49.6 Å². The maximum atomic E-state index is 13.0. The molecular formula is C23H29N5OS. The molecule has 0 aliphatic carbocycles. The van der Waals surface area contributed by atoms with Crippen molar-refractivity contribution in [2.24, 2.45) is 5.92 Å². The smallest absolute Gasteiger partial charge is 0.270 e. The third-order valence-corrected chi connectivity index (χ3v) is 7.84. The fraction of sp³-hybridized carbons (Fsp3) is 0.565. The highest BCUT2D eigenvalue weighted by Crippen LogP contribution is 2.32. The summed E-state index contributed by atoms with van der Waals surface area (Å²) in [5.41, 5.74) is 1.49. The van der Waals surface area contributed by atoms with Crippen LogP contribution in [0.3, 0.4) is 0 Å². The maximum Gasteiger partial charge on any atom is 0.270 e. The van der Waals surface area contributed by atoms with Gasteiger partial charge in [-0.1, -0.05) is 11.8 Å². The van der Waals surface area contributed by atoms with Crippen molar-refractivity contribution in [1.29, 1.82) is 0 Å². The summed E-state index contributed by atoms with van der Waals surface area (Å²) in [4.78, 5) is 22.3. The van der Waals surface area contributed by atoms with Crippen molar-refractivity contribution in [1.82, 2.24) is 25.4 Å². The fourth-order valence-corrected chi connectivity index (χ4v) is 5.88. The number of fused-ring (bicyclic) bond motifs is 4. The third kappa shape index (κ3) is 3.97. The summed E-state index contributed by atoms with van der Waals surface area (Å²) in [6, 6.07) is 2.54. The first-order valence-electron chi connectivity index (χ1n) is 11.0. The number of carbonyl (C=O) groups is 1. The zero-order chi connectivity index (χ0) is 20.5. The number of piperazine rings is 1. The van der Waals surface area contributed by atoms with E-state index in [0.29, 0.717) is 17.7 Å². The van der Waals surface area contributed by atoms with Crippen LogP contribution >= 0.6 is 11.3 Å². The van der Waals surface area contributed by atoms with Crippen LogP contribution in [-0.2, 0) is 0 Å². The second kappa shape index (κ2) is 8.64. The van der Waals surface area contributed by atoms with E-state index in [1.165, 1.54) is 12.8 Å². The predicted molar refractivity (Wildman–Crippen MR) is 121 cm³/mol. The molecule has 1 amide bonds. The van der Waals surface area contributed by atoms with Gasteiger partial charge in [-0.2, -0.15) is 0 Å². The lowest BCUT2D eigenvalue weighted by Gasteiger charge is -2.49. The molecule has 2 N–H and O–H groups in total. The Morgan fingerprint density at radius 1 is 1.30 bits per heavy atom. The van der Waals surface area contributed by atoms with Crippen molar-refractivity contribution in [3.05, 3.63) is 28.9 Å². The summed E-state index contributed by atoms with van der Waals surface area (Å²) in [5, 5.41) is 9.77. The Labute approximate surface area is 182 Å². The molecule has 0 spiro atoms. The van der Waals surface area contributed by atoms with Crippen molar-refractivity contribution in [3.63, 3.8) is 0 Å². The Kier molecular flexibility index (Phi) is 5.74. The summed E-state index contributed by atoms with van der Waals surface area (Å²) in [7, 11) is 0. The summed E-state index contributed by atoms with van der Waals surface area (Å²) in [5.74, 6) is 7.17. The van der Waals surface area contributed by atoms with Crippen molar-refractivity contribution in [2.75, 3.05) is 45.8 Å². The summed E-state index contributed by atoms with van der Waals surface area (Å²) in [6.07, 6.45) is 4.18. The van der Waals surface area contributed by atoms with Crippen LogP contribution in [0, 0.1) is 17.8 Å². The normalized spacial score (nSPS) is 28.8. The second-order valence-electron chi connectivity index (χ2n) is 8.66. The minimum absolute atomic E-state index is 0.0616. The van der Waals surface area contributed by atoms with Crippen LogP contribution in [0.4, 0.5) is 0 Å². The van der Waals surface area contributed by atoms with Gasteiger partial charge in [-0.15, -0.1) is 11.3 Å². The van der Waals surface area contributed by atoms with E-state index < -0.39 is 0 Å². The molecule has 4 aliphatic heterocycles. The van der Waals surface area contributed by atoms with Crippen LogP contribution in [0.5, 0.6) is 0 Å². The first-order valence-corrected chi connectivity index (χ1v) is 11.9. The van der Waals surface area contributed by atoms with Gasteiger partial charge in [0.05, 0.1) is 11.2 Å². The lowest BCUT2D eigenvalue weighted by Crippen LogP contribution is -2.62. The van der Waals surface area contributed by atoms with E-state index in [1.54, 1.807) is 11.3 Å². The van der Waals surface area contributed by atoms with E-state index in [0.717, 1.165) is 61.5 Å². The van der Waals surface area contributed by atoms with Gasteiger partial charge in [0, 0.05) is 60.8 Å². The van der Waals surface area contributed by atoms with Gasteiger partial charge in [0.25, 0.3) is 5.91 Å². The molecule has 4 saturated heterocycles. The van der Waals surface area contributed by atoms with Crippen molar-refractivity contribution in [3.8, 4) is 11.8 Å². The summed E-state index contributed by atoms with van der Waals surface area (Å²) < 4.78 is 1.08. The van der Waals surface area contributed by atoms with Crippen LogP contribution in [-0.4, -0.2) is 78.6 Å². The molecule has 2 atom stereocenters. The molecule has 0 radical (unpaired) electrons. The van der Waals surface area contributed by atoms with Crippen LogP contribution in [0.25, 0.3) is 10.1 Å². The second-order valence-corrected chi connectivity index (χ2v) is 9.57. The van der Waals surface area contributed by atoms with E-state index in [9.17, 15) is 4.79 Å². The molecule has 7 heteroatoms. The number of thiophene rings is 1. The zero-order valence-electron chi connectivity index (χ0n) is 17.5. The molecule has 30 heavy (non-hydrogen) atoms. The Morgan fingerprint density at radius 2 is 2.10 bits per heavy atom. The molecular weight excluding hydrogens is 394 g/mol. The van der Waals surface area contributed by atoms with Crippen LogP contribution < -0.4 is 10.6 Å². The van der Waals surface area contributed by atoms with Gasteiger partial charge in [-0.05, 0) is 44.8 Å². The molecule has 6 nitrogen and oxygen atoms in total. The number of carbonyl (C=O) groups excluding carboxylic acids is 1. The minimum atomic E-state index is -0.0616. The highest BCUT2D eigenvalue weighted by molar-refractivity contribution is 7.17. The SMILES string of the molecule is C[C@H]1[C@H](NC(=O)c2cc3c(C#CCN4CCNCC4)csc3cn2)C2CCN1CC2. The first kappa shape index (κ1) is 20.0. The molecule has 6 rings (SSSR count). The maximum absolute atomic E-state index is 13.0. The number of piperidine rings is 3. The first-order chi connectivity index (χ1) is 14.7. The highest BCUT2D eigenvalue weighted by atomic mass is 32.1. The van der Waals surface area contributed by atoms with Gasteiger partial charge in [0.2, 0.25) is 0 Å². The number of hydrogen-bond acceptors (Lipinski definition) is 6. The molecule has 2 bridgehead atoms. The Morgan fingerprint density at radius 3 is 2.87 bits per heavy atom. The Bertz CT molecular complexity index is 976. The van der Waals surface area contributed by atoms with Crippen LogP contribution in [0.2, 0.25) is 0 Å². The van der Waals surface area contributed by atoms with Crippen molar-refractivity contribution >= 4 is 27.3 Å². The van der Waals surface area contributed by atoms with Crippen LogP contribution in [0.15, 0.2) is 17.6 Å². The standard InChI is InChI=1S/C23H29N5OS/c1-16-22(17-4-9-28(16)10-5-17)26-23(29)20-13-19-18(15-30-21(19)14-25-20)3-2-8-27-11-6-24-7-12-27/h13-17,22,24H,4-12H2,1H3,(H,26,29)/t16-,22-/m0/s1. The van der Waals surface area contributed by atoms with Gasteiger partial charge in [-0.25, -0.2) is 4.98 Å². The number of nitrogens with one attached hydrogen (secondary N) is 2. The average Bonchev–Trinajstić information content (AvgIpc) is 3.19. The number of nitrogens with zero attached hydrogens (tertiary/aromatic N) is 3. The number of rotatable bonds is 3. The Balaban J connectivity index is 1.31. The number of aromatic nitrogens is 1. The Hall–Kier alpha value is -1.98. The zero-order valence-corrected chi connectivity index (χ0v) is 18.3. The predicted octanol–water partition coefficient (Wildman–Crippen LogP) is 1.77. The van der Waals surface area contributed by atoms with Crippen LogP contribution in [0.1, 0.15) is 35.8 Å². The van der Waals surface area contributed by atoms with Gasteiger partial charge in [0.15, 0.2) is 0 Å². The molecule has 0 aromatic carbocycles. The molecule has 2 aromatic rings. The van der Waals surface area contributed by atoms with Gasteiger partial charge < -0.3 is 10.6 Å². The average molecular weight is 424 g/mol. The quantitative estimate of drug-likeness (QED) is 0.737. The van der Waals surface area contributed by atoms with Gasteiger partial charge >= 0.3 is 0 Å². The topological polar surface area (TPSA) is 60.5 Å². The summed E-state index contributed by atoms with van der Waals surface area (Å²) >= 11 is 1.64. The third-order valence-electron chi connectivity index (χ3n) is 6.90. The molecule has 4 aliphatic rings. The van der Waals surface area contributed by atoms with E-state index in [-0.39, 0.29) is 11.9 Å². The monoisotopic (exact) mass is 423 g/mol. The lowest BCUT2D eigenvalue weighted by atomic mass is 9.79. The van der Waals surface area contributed by atoms with Crippen molar-refractivity contribution < 1.29 is 4.79 Å². The summed E-state index contributed by atoms with van der Waals surface area (Å²) in [6.45, 7) is 9.50. The molecule has 2 aromatic heterocycles. The van der Waals surface area contributed by atoms with Gasteiger partial charge in [-0.3, -0.25) is 14.6 Å². The largest absolute Gasteiger partial charge is 0.346 e. The lowest BCUT2D eigenvalue weighted by molar-refractivity contribution is 0.0216. The minimum Gasteiger partial charge on any atom is -0.346 e. The van der Waals surface area contributed by atoms with E-state index in [4.69, 9.17) is 0 Å². The van der Waals surface area contributed by atoms with Gasteiger partial charge in [0.1, 0.15) is 5.69 Å². The number of hydrogen-bond donors (Lipinski definition) is 2. The van der Waals surface area contributed by atoms with E-state index in [1.807, 2.05) is 12.3 Å².